The lowest BCUT2D eigenvalue weighted by molar-refractivity contribution is -0.136. The number of ether oxygens (including phenoxy) is 2. The van der Waals surface area contributed by atoms with Gasteiger partial charge in [0.25, 0.3) is 5.56 Å². The third-order valence-corrected chi connectivity index (χ3v) is 9.07. The van der Waals surface area contributed by atoms with Crippen LogP contribution in [0.3, 0.4) is 0 Å². The number of hydrogen-bond acceptors (Lipinski definition) is 6. The highest BCUT2D eigenvalue weighted by molar-refractivity contribution is 7.07. The highest BCUT2D eigenvalue weighted by atomic mass is 35.5. The standard InChI is InChI=1S/C34H26Cl2N2O4S/c1-3-27-30(33(40)41-2)31(22-10-5-4-6-11-22)38-32(39)29(43-34(38)37-27)18-24-23-12-8-7-9-21(23)14-16-28(24)42-19-20-13-15-25(35)26(36)17-20/h4-18,31H,3,19H2,1-2H3/b29-18+/t31-/m0/s1. The molecule has 1 aliphatic heterocycles. The minimum atomic E-state index is -0.667. The number of fused-ring (bicyclic) bond motifs is 2. The molecule has 9 heteroatoms. The molecule has 0 amide bonds. The van der Waals surface area contributed by atoms with Gasteiger partial charge in [0.05, 0.1) is 39.0 Å². The molecular weight excluding hydrogens is 603 g/mol. The largest absolute Gasteiger partial charge is 0.488 e. The van der Waals surface area contributed by atoms with E-state index >= 15 is 0 Å². The number of methoxy groups -OCH3 is 1. The summed E-state index contributed by atoms with van der Waals surface area (Å²) < 4.78 is 13.5. The van der Waals surface area contributed by atoms with Crippen LogP contribution in [0.5, 0.6) is 5.75 Å². The predicted molar refractivity (Wildman–Crippen MR) is 172 cm³/mol. The highest BCUT2D eigenvalue weighted by Crippen LogP contribution is 2.33. The summed E-state index contributed by atoms with van der Waals surface area (Å²) >= 11 is 13.6. The number of allylic oxidation sites excluding steroid dienone is 1. The van der Waals surface area contributed by atoms with E-state index in [-0.39, 0.29) is 12.2 Å². The maximum Gasteiger partial charge on any atom is 0.338 e. The quantitative estimate of drug-likeness (QED) is 0.185. The molecule has 6 rings (SSSR count). The Hall–Kier alpha value is -4.17. The van der Waals surface area contributed by atoms with Gasteiger partial charge in [0, 0.05) is 5.56 Å². The van der Waals surface area contributed by atoms with Crippen molar-refractivity contribution in [2.24, 2.45) is 4.99 Å². The Morgan fingerprint density at radius 1 is 1.00 bits per heavy atom. The van der Waals surface area contributed by atoms with E-state index in [9.17, 15) is 9.59 Å². The van der Waals surface area contributed by atoms with Gasteiger partial charge in [-0.15, -0.1) is 0 Å². The summed E-state index contributed by atoms with van der Waals surface area (Å²) in [5, 5.41) is 2.87. The van der Waals surface area contributed by atoms with Gasteiger partial charge in [0.2, 0.25) is 0 Å². The molecule has 43 heavy (non-hydrogen) atoms. The average Bonchev–Trinajstić information content (AvgIpc) is 3.35. The van der Waals surface area contributed by atoms with E-state index in [1.165, 1.54) is 18.4 Å². The number of rotatable bonds is 7. The summed E-state index contributed by atoms with van der Waals surface area (Å²) in [7, 11) is 1.34. The lowest BCUT2D eigenvalue weighted by atomic mass is 9.95. The normalized spacial score (nSPS) is 14.9. The van der Waals surface area contributed by atoms with E-state index < -0.39 is 12.0 Å². The summed E-state index contributed by atoms with van der Waals surface area (Å²) in [6.45, 7) is 2.19. The van der Waals surface area contributed by atoms with Crippen molar-refractivity contribution >= 4 is 57.4 Å². The minimum Gasteiger partial charge on any atom is -0.488 e. The van der Waals surface area contributed by atoms with Gasteiger partial charge in [0.15, 0.2) is 4.80 Å². The van der Waals surface area contributed by atoms with E-state index in [4.69, 9.17) is 37.7 Å². The second-order valence-corrected chi connectivity index (χ2v) is 11.8. The summed E-state index contributed by atoms with van der Waals surface area (Å²) in [6.07, 6.45) is 2.36. The number of halogens is 2. The van der Waals surface area contributed by atoms with Crippen molar-refractivity contribution < 1.29 is 14.3 Å². The molecule has 5 aromatic rings. The van der Waals surface area contributed by atoms with Crippen molar-refractivity contribution in [2.45, 2.75) is 26.0 Å². The van der Waals surface area contributed by atoms with Crippen LogP contribution in [0.1, 0.15) is 36.1 Å². The SMILES string of the molecule is CCC1=C(C(=O)OC)[C@H](c2ccccc2)n2c(s/c(=C/c3c(OCc4ccc(Cl)c(Cl)c4)ccc4ccccc34)c2=O)=N1. The maximum absolute atomic E-state index is 14.2. The molecule has 0 saturated carbocycles. The lowest BCUT2D eigenvalue weighted by Crippen LogP contribution is -2.40. The summed E-state index contributed by atoms with van der Waals surface area (Å²) in [5.41, 5.74) is 3.14. The molecule has 0 N–H and O–H groups in total. The van der Waals surface area contributed by atoms with E-state index in [0.717, 1.165) is 27.5 Å². The minimum absolute atomic E-state index is 0.252. The van der Waals surface area contributed by atoms with Crippen LogP contribution in [-0.2, 0) is 16.1 Å². The van der Waals surface area contributed by atoms with Gasteiger partial charge in [-0.05, 0) is 52.6 Å². The molecule has 0 spiro atoms. The number of hydrogen-bond donors (Lipinski definition) is 0. The Morgan fingerprint density at radius 3 is 2.51 bits per heavy atom. The first-order valence-electron chi connectivity index (χ1n) is 13.7. The summed E-state index contributed by atoms with van der Waals surface area (Å²) in [5.74, 6) is 0.107. The number of carbonyl (C=O) groups is 1. The van der Waals surface area contributed by atoms with Gasteiger partial charge in [-0.1, -0.05) is 108 Å². The molecule has 1 atom stereocenters. The number of benzene rings is 4. The van der Waals surface area contributed by atoms with Crippen molar-refractivity contribution in [1.29, 1.82) is 0 Å². The monoisotopic (exact) mass is 628 g/mol. The zero-order valence-corrected chi connectivity index (χ0v) is 25.7. The second kappa shape index (κ2) is 12.2. The predicted octanol–water partition coefficient (Wildman–Crippen LogP) is 6.84. The van der Waals surface area contributed by atoms with E-state index in [0.29, 0.717) is 42.8 Å². The Bertz CT molecular complexity index is 2080. The molecule has 2 heterocycles. The molecule has 1 aliphatic rings. The fourth-order valence-corrected chi connectivity index (χ4v) is 6.61. The first-order valence-corrected chi connectivity index (χ1v) is 15.2. The molecular formula is C34H26Cl2N2O4S. The van der Waals surface area contributed by atoms with Crippen LogP contribution in [0, 0.1) is 0 Å². The van der Waals surface area contributed by atoms with Gasteiger partial charge >= 0.3 is 5.97 Å². The van der Waals surface area contributed by atoms with E-state index in [1.807, 2.05) is 85.8 Å². The number of thiazole rings is 1. The number of nitrogens with zero attached hydrogens (tertiary/aromatic N) is 2. The van der Waals surface area contributed by atoms with Crippen molar-refractivity contribution in [3.63, 3.8) is 0 Å². The van der Waals surface area contributed by atoms with Crippen LogP contribution >= 0.6 is 34.5 Å². The maximum atomic E-state index is 14.2. The summed E-state index contributed by atoms with van der Waals surface area (Å²) in [4.78, 5) is 32.6. The fraction of sp³-hybridized carbons (Fsp3) is 0.147. The van der Waals surface area contributed by atoms with Crippen LogP contribution in [-0.4, -0.2) is 17.6 Å². The van der Waals surface area contributed by atoms with E-state index in [1.54, 1.807) is 16.7 Å². The van der Waals surface area contributed by atoms with Gasteiger partial charge in [-0.2, -0.15) is 0 Å². The van der Waals surface area contributed by atoms with Crippen molar-refractivity contribution in [3.8, 4) is 5.75 Å². The van der Waals surface area contributed by atoms with Crippen molar-refractivity contribution in [1.82, 2.24) is 4.57 Å². The molecule has 6 nitrogen and oxygen atoms in total. The van der Waals surface area contributed by atoms with E-state index in [2.05, 4.69) is 0 Å². The third kappa shape index (κ3) is 5.52. The molecule has 4 aromatic carbocycles. The van der Waals surface area contributed by atoms with Crippen LogP contribution in [0.25, 0.3) is 16.8 Å². The smallest absolute Gasteiger partial charge is 0.338 e. The van der Waals surface area contributed by atoms with Crippen LogP contribution in [0.2, 0.25) is 10.0 Å². The molecule has 0 aliphatic carbocycles. The number of esters is 1. The number of carbonyl (C=O) groups excluding carboxylic acids is 1. The first-order chi connectivity index (χ1) is 20.9. The Balaban J connectivity index is 1.53. The molecule has 216 valence electrons. The molecule has 1 aromatic heterocycles. The third-order valence-electron chi connectivity index (χ3n) is 7.35. The Morgan fingerprint density at radius 2 is 1.77 bits per heavy atom. The molecule has 0 fully saturated rings. The van der Waals surface area contributed by atoms with Gasteiger partial charge < -0.3 is 9.47 Å². The second-order valence-electron chi connectivity index (χ2n) is 9.93. The van der Waals surface area contributed by atoms with Crippen LogP contribution < -0.4 is 19.6 Å². The molecule has 0 saturated heterocycles. The molecule has 0 unspecified atom stereocenters. The van der Waals surface area contributed by atoms with Crippen LogP contribution in [0.4, 0.5) is 0 Å². The van der Waals surface area contributed by atoms with Crippen molar-refractivity contribution in [2.75, 3.05) is 7.11 Å². The molecule has 0 bridgehead atoms. The van der Waals surface area contributed by atoms with Gasteiger partial charge in [-0.3, -0.25) is 9.36 Å². The Kier molecular flexibility index (Phi) is 8.21. The number of aromatic nitrogens is 1. The average molecular weight is 630 g/mol. The first kappa shape index (κ1) is 28.9. The topological polar surface area (TPSA) is 69.9 Å². The highest BCUT2D eigenvalue weighted by Gasteiger charge is 2.33. The van der Waals surface area contributed by atoms with Crippen LogP contribution in [0.15, 0.2) is 106 Å². The van der Waals surface area contributed by atoms with Gasteiger partial charge in [0.1, 0.15) is 12.4 Å². The fourth-order valence-electron chi connectivity index (χ4n) is 5.29. The zero-order chi connectivity index (χ0) is 30.1. The lowest BCUT2D eigenvalue weighted by Gasteiger charge is -2.25. The summed E-state index contributed by atoms with van der Waals surface area (Å²) in [6, 6.07) is 26.0. The van der Waals surface area contributed by atoms with Crippen molar-refractivity contribution in [3.05, 3.63) is 143 Å². The Labute approximate surface area is 261 Å². The zero-order valence-electron chi connectivity index (χ0n) is 23.3. The van der Waals surface area contributed by atoms with Gasteiger partial charge in [-0.25, -0.2) is 9.79 Å². The molecule has 0 radical (unpaired) electrons.